The second kappa shape index (κ2) is 15.0. The normalized spacial score (nSPS) is 13.2. The third-order valence-electron chi connectivity index (χ3n) is 5.06. The van der Waals surface area contributed by atoms with Gasteiger partial charge in [0, 0.05) is 24.8 Å². The summed E-state index contributed by atoms with van der Waals surface area (Å²) < 4.78 is 0. The molecule has 3 amide bonds. The molecule has 0 saturated carbocycles. The first-order valence-electron chi connectivity index (χ1n) is 11.1. The van der Waals surface area contributed by atoms with Crippen LogP contribution in [0.4, 0.5) is 4.79 Å². The van der Waals surface area contributed by atoms with E-state index in [1.165, 1.54) is 6.20 Å². The second-order valence-corrected chi connectivity index (χ2v) is 7.68. The van der Waals surface area contributed by atoms with Gasteiger partial charge in [-0.05, 0) is 44.0 Å². The van der Waals surface area contributed by atoms with E-state index in [0.717, 1.165) is 37.8 Å². The standard InChI is InChI=1S/C23H39N7O2/c1-4-5-7-21(16(2)27-13-6-12-24)30-23(32)29-17(3)28-15-20(22(26)31)19-10-8-18(14-25)9-11-19/h8-11,15-16,21,27-28H,3-7,12-14,24-25H2,1-2H3,(H2,26,31)(H2,29,30,32)/b20-15-/t16-,21?/m1/s1. The van der Waals surface area contributed by atoms with Crippen LogP contribution in [0.3, 0.4) is 0 Å². The summed E-state index contributed by atoms with van der Waals surface area (Å²) >= 11 is 0. The van der Waals surface area contributed by atoms with Gasteiger partial charge in [0.2, 0.25) is 0 Å². The summed E-state index contributed by atoms with van der Waals surface area (Å²) in [6.45, 7) is 9.78. The molecule has 0 saturated heterocycles. The van der Waals surface area contributed by atoms with Crippen LogP contribution in [-0.4, -0.2) is 37.1 Å². The van der Waals surface area contributed by atoms with Crippen molar-refractivity contribution in [1.82, 2.24) is 21.3 Å². The number of primary amides is 1. The molecule has 1 aromatic rings. The van der Waals surface area contributed by atoms with Gasteiger partial charge in [-0.15, -0.1) is 0 Å². The summed E-state index contributed by atoms with van der Waals surface area (Å²) in [7, 11) is 0. The molecule has 10 N–H and O–H groups in total. The van der Waals surface area contributed by atoms with Gasteiger partial charge in [-0.25, -0.2) is 4.79 Å². The summed E-state index contributed by atoms with van der Waals surface area (Å²) in [6, 6.07) is 6.85. The van der Waals surface area contributed by atoms with E-state index in [1.54, 1.807) is 12.1 Å². The Labute approximate surface area is 191 Å². The predicted octanol–water partition coefficient (Wildman–Crippen LogP) is 1.22. The number of unbranched alkanes of at least 4 members (excludes halogenated alkanes) is 1. The van der Waals surface area contributed by atoms with E-state index in [1.807, 2.05) is 19.1 Å². The lowest BCUT2D eigenvalue weighted by Crippen LogP contribution is -2.52. The number of urea groups is 1. The molecule has 1 aromatic carbocycles. The molecule has 0 aromatic heterocycles. The average Bonchev–Trinajstić information content (AvgIpc) is 2.76. The molecule has 9 nitrogen and oxygen atoms in total. The van der Waals surface area contributed by atoms with Crippen LogP contribution in [0.15, 0.2) is 42.9 Å². The first kappa shape index (κ1) is 27.2. The van der Waals surface area contributed by atoms with Gasteiger partial charge in [-0.1, -0.05) is 50.6 Å². The first-order chi connectivity index (χ1) is 15.3. The van der Waals surface area contributed by atoms with Crippen molar-refractivity contribution in [1.29, 1.82) is 0 Å². The number of amides is 3. The summed E-state index contributed by atoms with van der Waals surface area (Å²) in [5.74, 6) is -0.384. The second-order valence-electron chi connectivity index (χ2n) is 7.68. The van der Waals surface area contributed by atoms with E-state index in [2.05, 4.69) is 34.8 Å². The lowest BCUT2D eigenvalue weighted by atomic mass is 10.0. The smallest absolute Gasteiger partial charge is 0.320 e. The van der Waals surface area contributed by atoms with Crippen LogP contribution in [0.2, 0.25) is 0 Å². The molecule has 2 atom stereocenters. The van der Waals surface area contributed by atoms with Crippen molar-refractivity contribution in [2.45, 2.75) is 58.2 Å². The van der Waals surface area contributed by atoms with Crippen molar-refractivity contribution in [3.63, 3.8) is 0 Å². The van der Waals surface area contributed by atoms with Gasteiger partial charge in [-0.2, -0.15) is 0 Å². The van der Waals surface area contributed by atoms with Crippen molar-refractivity contribution in [2.75, 3.05) is 13.1 Å². The molecule has 0 aliphatic heterocycles. The fraction of sp³-hybridized carbons (Fsp3) is 0.478. The van der Waals surface area contributed by atoms with Gasteiger partial charge in [0.25, 0.3) is 5.91 Å². The highest BCUT2D eigenvalue weighted by Crippen LogP contribution is 2.14. The highest BCUT2D eigenvalue weighted by molar-refractivity contribution is 6.18. The monoisotopic (exact) mass is 445 g/mol. The Morgan fingerprint density at radius 3 is 2.41 bits per heavy atom. The zero-order valence-electron chi connectivity index (χ0n) is 19.2. The first-order valence-corrected chi connectivity index (χ1v) is 11.1. The van der Waals surface area contributed by atoms with E-state index in [-0.39, 0.29) is 29.5 Å². The lowest BCUT2D eigenvalue weighted by molar-refractivity contribution is -0.112. The highest BCUT2D eigenvalue weighted by atomic mass is 16.2. The highest BCUT2D eigenvalue weighted by Gasteiger charge is 2.19. The molecule has 178 valence electrons. The van der Waals surface area contributed by atoms with Gasteiger partial charge in [-0.3, -0.25) is 10.1 Å². The molecule has 0 radical (unpaired) electrons. The zero-order chi connectivity index (χ0) is 23.9. The van der Waals surface area contributed by atoms with E-state index in [9.17, 15) is 9.59 Å². The summed E-state index contributed by atoms with van der Waals surface area (Å²) in [4.78, 5) is 24.3. The number of carbonyl (C=O) groups excluding carboxylic acids is 2. The summed E-state index contributed by atoms with van der Waals surface area (Å²) in [5, 5.41) is 11.9. The number of nitrogens with two attached hydrogens (primary N) is 3. The Hall–Kier alpha value is -2.88. The Balaban J connectivity index is 2.70. The largest absolute Gasteiger partial charge is 0.366 e. The van der Waals surface area contributed by atoms with Crippen molar-refractivity contribution >= 4 is 17.5 Å². The molecule has 0 aliphatic carbocycles. The molecule has 0 bridgehead atoms. The van der Waals surface area contributed by atoms with E-state index < -0.39 is 5.91 Å². The summed E-state index contributed by atoms with van der Waals surface area (Å²) in [5.41, 5.74) is 18.5. The fourth-order valence-corrected chi connectivity index (χ4v) is 3.10. The lowest BCUT2D eigenvalue weighted by Gasteiger charge is -2.26. The summed E-state index contributed by atoms with van der Waals surface area (Å²) in [6.07, 6.45) is 5.19. The molecule has 1 unspecified atom stereocenters. The molecular formula is C23H39N7O2. The molecule has 9 heteroatoms. The molecule has 0 heterocycles. The van der Waals surface area contributed by atoms with Crippen molar-refractivity contribution in [2.24, 2.45) is 17.2 Å². The number of hydrogen-bond acceptors (Lipinski definition) is 6. The SMILES string of the molecule is C=C(N/C=C(\C(N)=O)c1ccc(CN)cc1)NC(=O)NC(CCCC)[C@@H](C)NCCCN. The topological polar surface area (TPSA) is 160 Å². The quantitative estimate of drug-likeness (QED) is 0.159. The molecule has 0 spiro atoms. The molecular weight excluding hydrogens is 406 g/mol. The number of benzene rings is 1. The molecule has 0 aliphatic rings. The van der Waals surface area contributed by atoms with Crippen LogP contribution in [-0.2, 0) is 11.3 Å². The fourth-order valence-electron chi connectivity index (χ4n) is 3.10. The molecule has 0 fully saturated rings. The molecule has 32 heavy (non-hydrogen) atoms. The van der Waals surface area contributed by atoms with Gasteiger partial charge < -0.3 is 33.2 Å². The van der Waals surface area contributed by atoms with Gasteiger partial charge >= 0.3 is 6.03 Å². The third-order valence-corrected chi connectivity index (χ3v) is 5.06. The van der Waals surface area contributed by atoms with E-state index >= 15 is 0 Å². The van der Waals surface area contributed by atoms with Gasteiger partial charge in [0.05, 0.1) is 5.57 Å². The molecule has 1 rings (SSSR count). The Kier molecular flexibility index (Phi) is 12.7. The third kappa shape index (κ3) is 9.95. The number of hydrogen-bond donors (Lipinski definition) is 7. The maximum atomic E-state index is 12.5. The maximum Gasteiger partial charge on any atom is 0.320 e. The number of nitrogens with one attached hydrogen (secondary N) is 4. The van der Waals surface area contributed by atoms with Crippen LogP contribution < -0.4 is 38.5 Å². The number of rotatable bonds is 15. The van der Waals surface area contributed by atoms with Crippen molar-refractivity contribution in [3.05, 3.63) is 54.0 Å². The Morgan fingerprint density at radius 2 is 1.84 bits per heavy atom. The average molecular weight is 446 g/mol. The minimum absolute atomic E-state index is 0.0432. The van der Waals surface area contributed by atoms with Crippen molar-refractivity contribution < 1.29 is 9.59 Å². The van der Waals surface area contributed by atoms with Crippen LogP contribution in [0.1, 0.15) is 50.7 Å². The van der Waals surface area contributed by atoms with Crippen LogP contribution in [0.5, 0.6) is 0 Å². The van der Waals surface area contributed by atoms with Gasteiger partial charge in [0.1, 0.15) is 5.82 Å². The zero-order valence-corrected chi connectivity index (χ0v) is 19.2. The van der Waals surface area contributed by atoms with Crippen LogP contribution in [0, 0.1) is 0 Å². The Morgan fingerprint density at radius 1 is 1.16 bits per heavy atom. The maximum absolute atomic E-state index is 12.5. The predicted molar refractivity (Wildman–Crippen MR) is 130 cm³/mol. The minimum Gasteiger partial charge on any atom is -0.366 e. The number of carbonyl (C=O) groups is 2. The van der Waals surface area contributed by atoms with Crippen LogP contribution in [0.25, 0.3) is 5.57 Å². The Bertz CT molecular complexity index is 762. The van der Waals surface area contributed by atoms with Crippen molar-refractivity contribution in [3.8, 4) is 0 Å². The van der Waals surface area contributed by atoms with E-state index in [4.69, 9.17) is 17.2 Å². The van der Waals surface area contributed by atoms with Gasteiger partial charge in [0.15, 0.2) is 0 Å². The van der Waals surface area contributed by atoms with E-state index in [0.29, 0.717) is 18.7 Å². The van der Waals surface area contributed by atoms with Crippen LogP contribution >= 0.6 is 0 Å². The minimum atomic E-state index is -0.604.